The minimum Gasteiger partial charge on any atom is -0.258 e. The first-order valence-electron chi connectivity index (χ1n) is 5.24. The van der Waals surface area contributed by atoms with Crippen LogP contribution in [0.1, 0.15) is 0 Å². The van der Waals surface area contributed by atoms with E-state index in [1.165, 1.54) is 6.07 Å². The van der Waals surface area contributed by atoms with Crippen molar-refractivity contribution in [3.63, 3.8) is 0 Å². The molecular weight excluding hydrogens is 214 g/mol. The number of nitrogens with zero attached hydrogens (tertiary/aromatic N) is 1. The SMILES string of the molecule is O=[N+]([O-])c1[c]c2ccc3ccccc3c2cc1. The minimum atomic E-state index is -0.422. The van der Waals surface area contributed by atoms with Crippen molar-refractivity contribution in [2.75, 3.05) is 0 Å². The second-order valence-electron chi connectivity index (χ2n) is 3.85. The summed E-state index contributed by atoms with van der Waals surface area (Å²) >= 11 is 0. The molecule has 81 valence electrons. The van der Waals surface area contributed by atoms with Gasteiger partial charge in [-0.1, -0.05) is 36.4 Å². The Bertz CT molecular complexity index is 734. The van der Waals surface area contributed by atoms with Gasteiger partial charge < -0.3 is 0 Å². The van der Waals surface area contributed by atoms with Crippen molar-refractivity contribution in [1.29, 1.82) is 0 Å². The van der Waals surface area contributed by atoms with Gasteiger partial charge in [-0.15, -0.1) is 0 Å². The molecule has 0 aliphatic carbocycles. The van der Waals surface area contributed by atoms with E-state index in [0.29, 0.717) is 0 Å². The Morgan fingerprint density at radius 1 is 0.941 bits per heavy atom. The number of hydrogen-bond acceptors (Lipinski definition) is 2. The molecule has 3 nitrogen and oxygen atoms in total. The number of nitro benzene ring substituents is 1. The third kappa shape index (κ3) is 1.52. The molecule has 0 saturated heterocycles. The Morgan fingerprint density at radius 2 is 1.76 bits per heavy atom. The Balaban J connectivity index is 2.41. The highest BCUT2D eigenvalue weighted by Gasteiger charge is 2.08. The molecule has 0 aliphatic rings. The molecule has 3 heteroatoms. The van der Waals surface area contributed by atoms with Crippen molar-refractivity contribution >= 4 is 27.2 Å². The van der Waals surface area contributed by atoms with Gasteiger partial charge in [-0.25, -0.2) is 0 Å². The first kappa shape index (κ1) is 9.78. The molecule has 0 aromatic heterocycles. The van der Waals surface area contributed by atoms with Gasteiger partial charge >= 0.3 is 0 Å². The van der Waals surface area contributed by atoms with Crippen LogP contribution in [-0.4, -0.2) is 4.92 Å². The predicted octanol–water partition coefficient (Wildman–Crippen LogP) is 3.70. The summed E-state index contributed by atoms with van der Waals surface area (Å²) in [7, 11) is 0. The average Bonchev–Trinajstić information content (AvgIpc) is 2.38. The summed E-state index contributed by atoms with van der Waals surface area (Å²) in [4.78, 5) is 10.3. The monoisotopic (exact) mass is 222 g/mol. The van der Waals surface area contributed by atoms with Crippen LogP contribution in [0.3, 0.4) is 0 Å². The summed E-state index contributed by atoms with van der Waals surface area (Å²) in [5.41, 5.74) is 0.00720. The number of rotatable bonds is 1. The molecule has 1 radical (unpaired) electrons. The fourth-order valence-electron chi connectivity index (χ4n) is 2.03. The Hall–Kier alpha value is -2.42. The molecule has 0 fully saturated rings. The maximum Gasteiger partial charge on any atom is 0.278 e. The number of benzene rings is 3. The molecule has 0 saturated carbocycles. The molecule has 0 heterocycles. The van der Waals surface area contributed by atoms with Crippen LogP contribution in [-0.2, 0) is 0 Å². The molecule has 0 atom stereocenters. The molecule has 0 spiro atoms. The molecule has 0 bridgehead atoms. The van der Waals surface area contributed by atoms with E-state index in [-0.39, 0.29) is 5.69 Å². The van der Waals surface area contributed by atoms with E-state index in [2.05, 4.69) is 6.07 Å². The summed E-state index contributed by atoms with van der Waals surface area (Å²) in [5.74, 6) is 0. The van der Waals surface area contributed by atoms with Crippen molar-refractivity contribution in [3.8, 4) is 0 Å². The third-order valence-electron chi connectivity index (χ3n) is 2.84. The lowest BCUT2D eigenvalue weighted by Crippen LogP contribution is -1.88. The predicted molar refractivity (Wildman–Crippen MR) is 66.9 cm³/mol. The summed E-state index contributed by atoms with van der Waals surface area (Å²) in [6.07, 6.45) is 0. The van der Waals surface area contributed by atoms with Gasteiger partial charge in [0.1, 0.15) is 0 Å². The highest BCUT2D eigenvalue weighted by atomic mass is 16.6. The zero-order chi connectivity index (χ0) is 11.8. The van der Waals surface area contributed by atoms with Gasteiger partial charge in [-0.2, -0.15) is 0 Å². The summed E-state index contributed by atoms with van der Waals surface area (Å²) < 4.78 is 0. The van der Waals surface area contributed by atoms with Crippen LogP contribution in [0.15, 0.2) is 48.5 Å². The van der Waals surface area contributed by atoms with Gasteiger partial charge in [0.05, 0.1) is 11.0 Å². The van der Waals surface area contributed by atoms with Gasteiger partial charge in [0.25, 0.3) is 5.69 Å². The largest absolute Gasteiger partial charge is 0.278 e. The fraction of sp³-hybridized carbons (Fsp3) is 0. The molecular formula is C14H8NO2. The maximum atomic E-state index is 10.7. The molecule has 3 aromatic rings. The van der Waals surface area contributed by atoms with Crippen molar-refractivity contribution in [1.82, 2.24) is 0 Å². The van der Waals surface area contributed by atoms with E-state index < -0.39 is 4.92 Å². The molecule has 3 aromatic carbocycles. The van der Waals surface area contributed by atoms with Gasteiger partial charge in [0, 0.05) is 6.07 Å². The molecule has 17 heavy (non-hydrogen) atoms. The normalized spacial score (nSPS) is 10.8. The van der Waals surface area contributed by atoms with E-state index >= 15 is 0 Å². The zero-order valence-electron chi connectivity index (χ0n) is 8.88. The summed E-state index contributed by atoms with van der Waals surface area (Å²) in [6.45, 7) is 0. The number of fused-ring (bicyclic) bond motifs is 3. The van der Waals surface area contributed by atoms with Crippen LogP contribution in [0.4, 0.5) is 5.69 Å². The second-order valence-corrected chi connectivity index (χ2v) is 3.85. The highest BCUT2D eigenvalue weighted by molar-refractivity contribution is 6.07. The first-order valence-corrected chi connectivity index (χ1v) is 5.24. The standard InChI is InChI=1S/C14H8NO2/c16-15(17)12-7-8-14-11(9-12)6-5-10-3-1-2-4-13(10)14/h1-8H. The topological polar surface area (TPSA) is 43.1 Å². The van der Waals surface area contributed by atoms with E-state index in [9.17, 15) is 10.1 Å². The van der Waals surface area contributed by atoms with E-state index in [4.69, 9.17) is 0 Å². The molecule has 0 aliphatic heterocycles. The first-order chi connectivity index (χ1) is 8.25. The lowest BCUT2D eigenvalue weighted by atomic mass is 10.0. The van der Waals surface area contributed by atoms with Crippen LogP contribution in [0.25, 0.3) is 21.5 Å². The van der Waals surface area contributed by atoms with E-state index in [1.807, 2.05) is 36.4 Å². The van der Waals surface area contributed by atoms with E-state index in [1.54, 1.807) is 6.07 Å². The van der Waals surface area contributed by atoms with Crippen molar-refractivity contribution in [2.24, 2.45) is 0 Å². The van der Waals surface area contributed by atoms with Crippen molar-refractivity contribution < 1.29 is 4.92 Å². The van der Waals surface area contributed by atoms with Crippen LogP contribution in [0.5, 0.6) is 0 Å². The van der Waals surface area contributed by atoms with E-state index in [0.717, 1.165) is 21.5 Å². The molecule has 0 amide bonds. The van der Waals surface area contributed by atoms with Gasteiger partial charge in [-0.3, -0.25) is 10.1 Å². The molecule has 0 unspecified atom stereocenters. The number of hydrogen-bond donors (Lipinski definition) is 0. The van der Waals surface area contributed by atoms with Crippen molar-refractivity contribution in [2.45, 2.75) is 0 Å². The lowest BCUT2D eigenvalue weighted by molar-refractivity contribution is -0.385. The van der Waals surface area contributed by atoms with Gasteiger partial charge in [-0.05, 0) is 27.6 Å². The van der Waals surface area contributed by atoms with Crippen LogP contribution in [0, 0.1) is 16.2 Å². The number of non-ortho nitro benzene ring substituents is 1. The van der Waals surface area contributed by atoms with Crippen molar-refractivity contribution in [3.05, 3.63) is 64.7 Å². The van der Waals surface area contributed by atoms with Crippen LogP contribution >= 0.6 is 0 Å². The fourth-order valence-corrected chi connectivity index (χ4v) is 2.03. The zero-order valence-corrected chi connectivity index (χ0v) is 8.88. The summed E-state index contributed by atoms with van der Waals surface area (Å²) in [5, 5.41) is 14.7. The lowest BCUT2D eigenvalue weighted by Gasteiger charge is -2.02. The summed E-state index contributed by atoms with van der Waals surface area (Å²) in [6, 6.07) is 17.9. The Morgan fingerprint density at radius 3 is 2.59 bits per heavy atom. The van der Waals surface area contributed by atoms with Gasteiger partial charge in [0.15, 0.2) is 0 Å². The third-order valence-corrected chi connectivity index (χ3v) is 2.84. The Labute approximate surface area is 97.4 Å². The Kier molecular flexibility index (Phi) is 2.05. The minimum absolute atomic E-state index is 0.00720. The maximum absolute atomic E-state index is 10.7. The average molecular weight is 222 g/mol. The van der Waals surface area contributed by atoms with Crippen LogP contribution < -0.4 is 0 Å². The number of nitro groups is 1. The highest BCUT2D eigenvalue weighted by Crippen LogP contribution is 2.27. The molecule has 3 rings (SSSR count). The smallest absolute Gasteiger partial charge is 0.258 e. The molecule has 0 N–H and O–H groups in total. The van der Waals surface area contributed by atoms with Gasteiger partial charge in [0.2, 0.25) is 0 Å². The van der Waals surface area contributed by atoms with Crippen LogP contribution in [0.2, 0.25) is 0 Å². The quantitative estimate of drug-likeness (QED) is 0.358. The second kappa shape index (κ2) is 3.56.